The Morgan fingerprint density at radius 2 is 1.52 bits per heavy atom. The second-order valence-electron chi connectivity index (χ2n) is 16.5. The summed E-state index contributed by atoms with van der Waals surface area (Å²) in [5.74, 6) is -1.58. The van der Waals surface area contributed by atoms with Crippen LogP contribution in [0.25, 0.3) is 0 Å². The highest BCUT2D eigenvalue weighted by molar-refractivity contribution is 8.00. The highest BCUT2D eigenvalue weighted by atomic mass is 32.2. The molecule has 4 heterocycles. The molecule has 0 spiro atoms. The Hall–Kier alpha value is -6.49. The Labute approximate surface area is 385 Å². The van der Waals surface area contributed by atoms with Crippen LogP contribution in [0.4, 0.5) is 5.13 Å². The summed E-state index contributed by atoms with van der Waals surface area (Å²) in [5, 5.41) is 12.1. The van der Waals surface area contributed by atoms with Crippen LogP contribution in [0.2, 0.25) is 0 Å². The molecule has 2 fully saturated rings. The maximum Gasteiger partial charge on any atom is 0.355 e. The molecule has 1 aromatic heterocycles. The van der Waals surface area contributed by atoms with E-state index >= 15 is 0 Å². The van der Waals surface area contributed by atoms with Gasteiger partial charge in [-0.3, -0.25) is 14.5 Å². The highest BCUT2D eigenvalue weighted by Crippen LogP contribution is 2.44. The van der Waals surface area contributed by atoms with Crippen molar-refractivity contribution in [3.05, 3.63) is 160 Å². The number of oxime groups is 1. The molecule has 0 unspecified atom stereocenters. The number of esters is 2. The van der Waals surface area contributed by atoms with E-state index in [2.05, 4.69) is 15.8 Å². The Morgan fingerprint density at radius 1 is 0.892 bits per heavy atom. The molecule has 14 nitrogen and oxygen atoms in total. The number of fused-ring (bicyclic) bond motifs is 1. The fourth-order valence-electron chi connectivity index (χ4n) is 7.99. The second kappa shape index (κ2) is 19.7. The molecule has 3 aliphatic rings. The first-order chi connectivity index (χ1) is 31.4. The smallest absolute Gasteiger partial charge is 0.355 e. The summed E-state index contributed by atoms with van der Waals surface area (Å²) in [6, 6.07) is 36.1. The molecule has 5 aromatic rings. The first-order valence-corrected chi connectivity index (χ1v) is 23.1. The van der Waals surface area contributed by atoms with Crippen LogP contribution in [-0.4, -0.2) is 88.5 Å². The van der Waals surface area contributed by atoms with Crippen molar-refractivity contribution >= 4 is 57.7 Å². The summed E-state index contributed by atoms with van der Waals surface area (Å²) < 4.78 is 22.4. The normalized spacial score (nSPS) is 18.6. The molecule has 2 saturated heterocycles. The Bertz CT molecular complexity index is 2460. The largest absolute Gasteiger partial charge is 0.497 e. The molecule has 16 heteroatoms. The summed E-state index contributed by atoms with van der Waals surface area (Å²) in [6.45, 7) is 5.11. The lowest BCUT2D eigenvalue weighted by Crippen LogP contribution is -2.71. The van der Waals surface area contributed by atoms with Crippen molar-refractivity contribution in [1.82, 2.24) is 15.2 Å². The van der Waals surface area contributed by atoms with Crippen molar-refractivity contribution in [3.63, 3.8) is 0 Å². The monoisotopic (exact) mass is 915 g/mol. The number of thiazole rings is 1. The summed E-state index contributed by atoms with van der Waals surface area (Å²) >= 11 is 2.66. The summed E-state index contributed by atoms with van der Waals surface area (Å²) in [4.78, 5) is 66.9. The molecule has 0 aliphatic carbocycles. The quantitative estimate of drug-likeness (QED) is 0.0337. The highest BCUT2D eigenvalue weighted by Gasteiger charge is 2.55. The lowest BCUT2D eigenvalue weighted by molar-refractivity contribution is -0.160. The van der Waals surface area contributed by atoms with E-state index in [1.54, 1.807) is 57.5 Å². The summed E-state index contributed by atoms with van der Waals surface area (Å²) in [5.41, 5.74) is 2.54. The third-order valence-electron chi connectivity index (χ3n) is 11.0. The molecular formula is C49H49N5O9S2. The van der Waals surface area contributed by atoms with E-state index in [1.165, 1.54) is 28.0 Å². The first-order valence-electron chi connectivity index (χ1n) is 21.2. The maximum atomic E-state index is 14.4. The molecule has 0 radical (unpaired) electrons. The molecule has 3 atom stereocenters. The number of thioether (sulfide) groups is 1. The number of ether oxygens (including phenoxy) is 4. The number of nitrogens with zero attached hydrogens (tertiary/aromatic N) is 3. The number of methoxy groups -OCH3 is 1. The van der Waals surface area contributed by atoms with Crippen LogP contribution in [0, 0.1) is 0 Å². The molecule has 3 aliphatic heterocycles. The number of rotatable bonds is 16. The standard InChI is InChI=1S/C49H49N5O9S2/c1-48(2,3)63-39(55)28-62-53-40(37-30-65-47(50-37)52-49(32-15-8-5-9-16-32,33-17-10-6-11-18-33)34-19-12-7-13-20-34)43(56)51-41-44(57)54-42(36(29-64-45(41)54)38-21-14-26-60-38)46(58)61-27-31-22-24-35(59-4)25-23-31/h5-13,15-20,22-25,30,38,41,45H,14,21,26-29H2,1-4H3,(H,50,52)(H,51,56)/b53-40-/t38-,41-,45-/m1/s1. The Balaban J connectivity index is 1.07. The van der Waals surface area contributed by atoms with Gasteiger partial charge in [0, 0.05) is 17.7 Å². The number of benzene rings is 4. The molecule has 0 saturated carbocycles. The van der Waals surface area contributed by atoms with Crippen LogP contribution in [0.15, 0.2) is 137 Å². The lowest BCUT2D eigenvalue weighted by Gasteiger charge is -2.50. The summed E-state index contributed by atoms with van der Waals surface area (Å²) in [6.07, 6.45) is 1.18. The van der Waals surface area contributed by atoms with Gasteiger partial charge >= 0.3 is 11.9 Å². The van der Waals surface area contributed by atoms with Crippen molar-refractivity contribution in [1.29, 1.82) is 0 Å². The van der Waals surface area contributed by atoms with Crippen LogP contribution >= 0.6 is 23.1 Å². The Morgan fingerprint density at radius 3 is 2.09 bits per heavy atom. The van der Waals surface area contributed by atoms with Crippen LogP contribution in [0.3, 0.4) is 0 Å². The number of β-lactam (4-membered cyclic amide) rings is 1. The van der Waals surface area contributed by atoms with Gasteiger partial charge in [-0.15, -0.1) is 23.1 Å². The van der Waals surface area contributed by atoms with Crippen LogP contribution in [0.5, 0.6) is 5.75 Å². The molecule has 0 bridgehead atoms. The average molecular weight is 916 g/mol. The number of carbonyl (C=O) groups is 4. The van der Waals surface area contributed by atoms with E-state index in [1.807, 2.05) is 91.0 Å². The minimum absolute atomic E-state index is 0.0259. The average Bonchev–Trinajstić information content (AvgIpc) is 4.04. The Kier molecular flexibility index (Phi) is 13.7. The van der Waals surface area contributed by atoms with Gasteiger partial charge in [0.15, 0.2) is 10.8 Å². The van der Waals surface area contributed by atoms with Crippen molar-refractivity contribution in [3.8, 4) is 5.75 Å². The molecule has 336 valence electrons. The molecule has 2 amide bonds. The van der Waals surface area contributed by atoms with Gasteiger partial charge in [0.05, 0.1) is 13.2 Å². The van der Waals surface area contributed by atoms with Gasteiger partial charge in [0.2, 0.25) is 6.61 Å². The molecule has 65 heavy (non-hydrogen) atoms. The zero-order chi connectivity index (χ0) is 45.6. The number of amides is 2. The molecule has 8 rings (SSSR count). The van der Waals surface area contributed by atoms with Crippen LogP contribution in [0.1, 0.15) is 61.6 Å². The summed E-state index contributed by atoms with van der Waals surface area (Å²) in [7, 11) is 1.57. The number of nitrogens with one attached hydrogen (secondary N) is 2. The van der Waals surface area contributed by atoms with Crippen molar-refractivity contribution in [2.24, 2.45) is 5.16 Å². The van der Waals surface area contributed by atoms with Gasteiger partial charge in [0.1, 0.15) is 46.3 Å². The maximum absolute atomic E-state index is 14.4. The molecule has 2 N–H and O–H groups in total. The minimum Gasteiger partial charge on any atom is -0.497 e. The molecule has 4 aromatic carbocycles. The first kappa shape index (κ1) is 45.1. The number of anilines is 1. The number of carbonyl (C=O) groups excluding carboxylic acids is 4. The lowest BCUT2D eigenvalue weighted by atomic mass is 9.77. The van der Waals surface area contributed by atoms with E-state index in [0.29, 0.717) is 35.2 Å². The van der Waals surface area contributed by atoms with Gasteiger partial charge < -0.3 is 34.4 Å². The fraction of sp³-hybridized carbons (Fsp3) is 0.306. The number of hydrogen-bond donors (Lipinski definition) is 2. The van der Waals surface area contributed by atoms with Crippen molar-refractivity contribution < 1.29 is 43.0 Å². The topological polar surface area (TPSA) is 167 Å². The van der Waals surface area contributed by atoms with E-state index in [0.717, 1.165) is 28.7 Å². The van der Waals surface area contributed by atoms with E-state index < -0.39 is 52.9 Å². The van der Waals surface area contributed by atoms with Gasteiger partial charge in [-0.1, -0.05) is 108 Å². The van der Waals surface area contributed by atoms with Crippen molar-refractivity contribution in [2.75, 3.05) is 31.4 Å². The number of hydrogen-bond acceptors (Lipinski definition) is 14. The second-order valence-corrected chi connectivity index (χ2v) is 18.4. The van der Waals surface area contributed by atoms with Crippen LogP contribution in [-0.2, 0) is 50.4 Å². The number of aromatic nitrogens is 1. The van der Waals surface area contributed by atoms with Crippen LogP contribution < -0.4 is 15.4 Å². The van der Waals surface area contributed by atoms with Gasteiger partial charge in [-0.25, -0.2) is 14.6 Å². The van der Waals surface area contributed by atoms with Gasteiger partial charge in [-0.05, 0) is 73.6 Å². The van der Waals surface area contributed by atoms with Gasteiger partial charge in [0.25, 0.3) is 11.8 Å². The fourth-order valence-corrected chi connectivity index (χ4v) is 10.1. The predicted octanol–water partition coefficient (Wildman–Crippen LogP) is 7.19. The van der Waals surface area contributed by atoms with E-state index in [-0.39, 0.29) is 29.8 Å². The molecular weight excluding hydrogens is 867 g/mol. The van der Waals surface area contributed by atoms with Gasteiger partial charge in [-0.2, -0.15) is 0 Å². The van der Waals surface area contributed by atoms with Crippen molar-refractivity contribution in [2.45, 2.75) is 68.9 Å². The zero-order valence-corrected chi connectivity index (χ0v) is 38.0. The predicted molar refractivity (Wildman–Crippen MR) is 247 cm³/mol. The van der Waals surface area contributed by atoms with E-state index in [4.69, 9.17) is 28.8 Å². The zero-order valence-electron chi connectivity index (χ0n) is 36.4. The third kappa shape index (κ3) is 9.94. The van der Waals surface area contributed by atoms with E-state index in [9.17, 15) is 19.2 Å². The third-order valence-corrected chi connectivity index (χ3v) is 13.0. The SMILES string of the molecule is COc1ccc(COC(=O)C2=C([C@H]3CCCO3)CS[C@@H]3[C@H](NC(=O)/C(=N\OCC(=O)OC(C)(C)C)c4csc(NC(c5ccccc5)(c5ccccc5)c5ccccc5)n4)C(=O)N23)cc1. The minimum atomic E-state index is -1.04.